The minimum absolute atomic E-state index is 0.00234. The first-order valence-corrected chi connectivity index (χ1v) is 11.6. The number of fused-ring (bicyclic) bond motifs is 1. The Morgan fingerprint density at radius 1 is 1.28 bits per heavy atom. The van der Waals surface area contributed by atoms with Crippen molar-refractivity contribution in [3.05, 3.63) is 6.33 Å². The van der Waals surface area contributed by atoms with Crippen LogP contribution < -0.4 is 10.5 Å². The first kappa shape index (κ1) is 24.8. The smallest absolute Gasteiger partial charge is 0.359 e. The predicted octanol–water partition coefficient (Wildman–Crippen LogP) is 0.525. The van der Waals surface area contributed by atoms with Gasteiger partial charge in [-0.15, -0.1) is 0 Å². The van der Waals surface area contributed by atoms with Gasteiger partial charge in [0.05, 0.1) is 25.1 Å². The van der Waals surface area contributed by atoms with E-state index in [1.165, 1.54) is 38.8 Å². The van der Waals surface area contributed by atoms with Crippen molar-refractivity contribution in [3.63, 3.8) is 0 Å². The molecule has 1 fully saturated rings. The fourth-order valence-electron chi connectivity index (χ4n) is 3.52. The Bertz CT molecular complexity index is 1030. The molecule has 0 aromatic carbocycles. The van der Waals surface area contributed by atoms with Crippen molar-refractivity contribution >= 4 is 24.7 Å². The number of imidazole rings is 1. The number of nitrogens with zero attached hydrogens (tertiary/aromatic N) is 4. The van der Waals surface area contributed by atoms with Crippen molar-refractivity contribution in [2.45, 2.75) is 76.0 Å². The van der Waals surface area contributed by atoms with E-state index < -0.39 is 43.1 Å². The number of rotatable bonds is 8. The lowest BCUT2D eigenvalue weighted by Crippen LogP contribution is -2.38. The number of nitrogen functional groups attached to an aromatic ring is 1. The van der Waals surface area contributed by atoms with E-state index >= 15 is 0 Å². The van der Waals surface area contributed by atoms with Gasteiger partial charge in [-0.1, -0.05) is 6.92 Å². The van der Waals surface area contributed by atoms with Crippen molar-refractivity contribution in [2.75, 3.05) is 12.8 Å². The summed E-state index contributed by atoms with van der Waals surface area (Å²) >= 11 is 0. The summed E-state index contributed by atoms with van der Waals surface area (Å²) in [5.74, 6) is 0.0731. The molecule has 3 rings (SSSR count). The molecule has 2 aromatic rings. The van der Waals surface area contributed by atoms with Crippen LogP contribution in [0, 0.1) is 0 Å². The van der Waals surface area contributed by atoms with Gasteiger partial charge in [-0.25, -0.2) is 4.98 Å². The molecule has 6 N–H and O–H groups in total. The molecule has 0 radical (unpaired) electrons. The maximum absolute atomic E-state index is 12.6. The fourth-order valence-corrected chi connectivity index (χ4v) is 4.86. The number of nitrogens with two attached hydrogens (primary N) is 1. The van der Waals surface area contributed by atoms with E-state index in [1.54, 1.807) is 6.92 Å². The summed E-state index contributed by atoms with van der Waals surface area (Å²) in [5, 5.41) is 29.5. The third kappa shape index (κ3) is 4.46. The SMILES string of the molecule is CCC(C)(O)P(=O)(O)OC(C)(C)C[C@H]1O[C@@H](n2cnc3c(OC)nc(N)nc32)[C@H](O)[C@@H]1O. The lowest BCUT2D eigenvalue weighted by molar-refractivity contribution is -0.0636. The average Bonchev–Trinajstić information content (AvgIpc) is 3.22. The van der Waals surface area contributed by atoms with Crippen LogP contribution in [0.2, 0.25) is 0 Å². The number of hydrogen-bond acceptors (Lipinski definition) is 11. The molecule has 1 saturated heterocycles. The second-order valence-corrected chi connectivity index (χ2v) is 10.8. The number of ether oxygens (including phenoxy) is 2. The van der Waals surface area contributed by atoms with Gasteiger partial charge in [0, 0.05) is 6.42 Å². The molecule has 0 bridgehead atoms. The Labute approximate surface area is 184 Å². The lowest BCUT2D eigenvalue weighted by atomic mass is 9.97. The first-order chi connectivity index (χ1) is 14.7. The molecule has 32 heavy (non-hydrogen) atoms. The van der Waals surface area contributed by atoms with Crippen LogP contribution in [0.4, 0.5) is 5.95 Å². The Morgan fingerprint density at radius 3 is 2.53 bits per heavy atom. The van der Waals surface area contributed by atoms with Gasteiger partial charge < -0.3 is 39.9 Å². The van der Waals surface area contributed by atoms with Gasteiger partial charge in [-0.3, -0.25) is 9.13 Å². The fraction of sp³-hybridized carbons (Fsp3) is 0.722. The van der Waals surface area contributed by atoms with Crippen molar-refractivity contribution < 1.29 is 38.8 Å². The number of aliphatic hydroxyl groups is 3. The topological polar surface area (TPSA) is 195 Å². The van der Waals surface area contributed by atoms with Gasteiger partial charge in [0.2, 0.25) is 11.8 Å². The molecule has 0 saturated carbocycles. The first-order valence-electron chi connectivity index (χ1n) is 10.0. The van der Waals surface area contributed by atoms with E-state index in [0.29, 0.717) is 5.52 Å². The highest BCUT2D eigenvalue weighted by Crippen LogP contribution is 2.58. The van der Waals surface area contributed by atoms with Crippen molar-refractivity contribution in [1.82, 2.24) is 19.5 Å². The summed E-state index contributed by atoms with van der Waals surface area (Å²) < 4.78 is 30.4. The summed E-state index contributed by atoms with van der Waals surface area (Å²) in [6, 6.07) is 0. The molecular formula is C18H30N5O8P. The molecule has 6 atom stereocenters. The molecule has 14 heteroatoms. The highest BCUT2D eigenvalue weighted by molar-refractivity contribution is 7.54. The lowest BCUT2D eigenvalue weighted by Gasteiger charge is -2.35. The van der Waals surface area contributed by atoms with Crippen LogP contribution in [-0.4, -0.2) is 76.1 Å². The Balaban J connectivity index is 1.84. The van der Waals surface area contributed by atoms with Crippen LogP contribution in [0.15, 0.2) is 6.33 Å². The number of anilines is 1. The van der Waals surface area contributed by atoms with Crippen molar-refractivity contribution in [1.29, 1.82) is 0 Å². The van der Waals surface area contributed by atoms with Gasteiger partial charge in [-0.05, 0) is 27.2 Å². The van der Waals surface area contributed by atoms with E-state index in [1.807, 2.05) is 0 Å². The quantitative estimate of drug-likeness (QED) is 0.333. The summed E-state index contributed by atoms with van der Waals surface area (Å²) in [6.07, 6.45) is -3.45. The number of aliphatic hydroxyl groups excluding tert-OH is 2. The van der Waals surface area contributed by atoms with Crippen LogP contribution in [0.3, 0.4) is 0 Å². The van der Waals surface area contributed by atoms with Crippen LogP contribution >= 0.6 is 7.60 Å². The molecule has 180 valence electrons. The third-order valence-corrected chi connectivity index (χ3v) is 7.83. The van der Waals surface area contributed by atoms with E-state index in [4.69, 9.17) is 19.7 Å². The third-order valence-electron chi connectivity index (χ3n) is 5.55. The van der Waals surface area contributed by atoms with E-state index in [-0.39, 0.29) is 30.3 Å². The van der Waals surface area contributed by atoms with Crippen LogP contribution in [0.25, 0.3) is 11.2 Å². The zero-order chi connectivity index (χ0) is 24.1. The standard InChI is InChI=1S/C18H30N5O8P/c1-6-18(4,26)32(27,28)31-17(2,3)7-9-11(24)12(25)15(30-9)23-8-20-10-13(23)21-16(19)22-14(10)29-5/h8-9,11-12,15,24-26H,6-7H2,1-5H3,(H,27,28)(H2,19,21,22)/t9-,11-,12-,15-,18?/m1/s1. The summed E-state index contributed by atoms with van der Waals surface area (Å²) in [6.45, 7) is 5.84. The van der Waals surface area contributed by atoms with E-state index in [0.717, 1.165) is 0 Å². The molecular weight excluding hydrogens is 445 g/mol. The average molecular weight is 475 g/mol. The Morgan fingerprint density at radius 2 is 1.94 bits per heavy atom. The molecule has 0 spiro atoms. The summed E-state index contributed by atoms with van der Waals surface area (Å²) in [5.41, 5.74) is 4.97. The Kier molecular flexibility index (Phi) is 6.57. The van der Waals surface area contributed by atoms with Gasteiger partial charge in [0.1, 0.15) is 12.2 Å². The van der Waals surface area contributed by atoms with Crippen LogP contribution in [0.1, 0.15) is 46.8 Å². The summed E-state index contributed by atoms with van der Waals surface area (Å²) in [4.78, 5) is 22.5. The highest BCUT2D eigenvalue weighted by Gasteiger charge is 2.50. The maximum atomic E-state index is 12.6. The summed E-state index contributed by atoms with van der Waals surface area (Å²) in [7, 11) is -3.02. The van der Waals surface area contributed by atoms with Crippen LogP contribution in [0.5, 0.6) is 5.88 Å². The highest BCUT2D eigenvalue weighted by atomic mass is 31.2. The van der Waals surface area contributed by atoms with Gasteiger partial charge >= 0.3 is 7.60 Å². The largest absolute Gasteiger partial charge is 0.479 e. The molecule has 2 aromatic heterocycles. The maximum Gasteiger partial charge on any atom is 0.359 e. The molecule has 1 aliphatic heterocycles. The zero-order valence-electron chi connectivity index (χ0n) is 18.5. The van der Waals surface area contributed by atoms with Gasteiger partial charge in [-0.2, -0.15) is 9.97 Å². The normalized spacial score (nSPS) is 27.9. The predicted molar refractivity (Wildman–Crippen MR) is 113 cm³/mol. The number of aromatic nitrogens is 4. The number of hydrogen-bond donors (Lipinski definition) is 5. The minimum Gasteiger partial charge on any atom is -0.479 e. The Hall–Kier alpha value is -1.86. The second kappa shape index (κ2) is 8.49. The molecule has 2 unspecified atom stereocenters. The van der Waals surface area contributed by atoms with Crippen molar-refractivity contribution in [2.24, 2.45) is 0 Å². The van der Waals surface area contributed by atoms with Crippen molar-refractivity contribution in [3.8, 4) is 5.88 Å². The van der Waals surface area contributed by atoms with Crippen LogP contribution in [-0.2, 0) is 13.8 Å². The number of methoxy groups -OCH3 is 1. The van der Waals surface area contributed by atoms with E-state index in [9.17, 15) is 24.8 Å². The second-order valence-electron chi connectivity index (χ2n) is 8.61. The monoisotopic (exact) mass is 475 g/mol. The molecule has 0 amide bonds. The molecule has 1 aliphatic rings. The van der Waals surface area contributed by atoms with Gasteiger partial charge in [0.15, 0.2) is 22.7 Å². The molecule has 13 nitrogen and oxygen atoms in total. The molecule has 0 aliphatic carbocycles. The van der Waals surface area contributed by atoms with Gasteiger partial charge in [0.25, 0.3) is 0 Å². The van der Waals surface area contributed by atoms with E-state index in [2.05, 4.69) is 15.0 Å². The molecule has 3 heterocycles. The zero-order valence-corrected chi connectivity index (χ0v) is 19.4. The minimum atomic E-state index is -4.42.